The van der Waals surface area contributed by atoms with Crippen LogP contribution in [0.3, 0.4) is 0 Å². The highest BCUT2D eigenvalue weighted by atomic mass is 79.9. The second kappa shape index (κ2) is 6.90. The van der Waals surface area contributed by atoms with Crippen LogP contribution in [0.2, 0.25) is 0 Å². The first-order valence-electron chi connectivity index (χ1n) is 6.14. The van der Waals surface area contributed by atoms with Crippen molar-refractivity contribution in [3.8, 4) is 0 Å². The number of carbonyl (C=O) groups is 1. The van der Waals surface area contributed by atoms with Crippen LogP contribution < -0.4 is 5.32 Å². The summed E-state index contributed by atoms with van der Waals surface area (Å²) in [6.45, 7) is 6.38. The molecule has 0 bridgehead atoms. The Bertz CT molecular complexity index is 418. The lowest BCUT2D eigenvalue weighted by molar-refractivity contribution is 0.0919. The molecular weight excluding hydrogens is 294 g/mol. The Morgan fingerprint density at radius 3 is 2.67 bits per heavy atom. The quantitative estimate of drug-likeness (QED) is 0.878. The van der Waals surface area contributed by atoms with E-state index in [9.17, 15) is 9.90 Å². The monoisotopic (exact) mass is 313 g/mol. The van der Waals surface area contributed by atoms with E-state index >= 15 is 0 Å². The van der Waals surface area contributed by atoms with Crippen molar-refractivity contribution in [3.05, 3.63) is 33.8 Å². The van der Waals surface area contributed by atoms with Crippen molar-refractivity contribution in [1.29, 1.82) is 0 Å². The van der Waals surface area contributed by atoms with Gasteiger partial charge < -0.3 is 10.4 Å². The average Bonchev–Trinajstić information content (AvgIpc) is 2.28. The van der Waals surface area contributed by atoms with E-state index in [0.717, 1.165) is 10.0 Å². The van der Waals surface area contributed by atoms with Gasteiger partial charge >= 0.3 is 0 Å². The number of hydrogen-bond acceptors (Lipinski definition) is 2. The number of amides is 1. The van der Waals surface area contributed by atoms with Crippen molar-refractivity contribution in [2.45, 2.75) is 33.3 Å². The molecule has 1 atom stereocenters. The highest BCUT2D eigenvalue weighted by Gasteiger charge is 2.12. The molecule has 4 heteroatoms. The summed E-state index contributed by atoms with van der Waals surface area (Å²) >= 11 is 3.38. The van der Waals surface area contributed by atoms with Gasteiger partial charge in [-0.15, -0.1) is 0 Å². The molecule has 0 heterocycles. The van der Waals surface area contributed by atoms with Crippen molar-refractivity contribution >= 4 is 21.8 Å². The summed E-state index contributed by atoms with van der Waals surface area (Å²) in [7, 11) is 0. The Balaban J connectivity index is 2.51. The number of benzene rings is 1. The molecule has 1 unspecified atom stereocenters. The van der Waals surface area contributed by atoms with Gasteiger partial charge in [0.2, 0.25) is 0 Å². The number of halogens is 1. The minimum absolute atomic E-state index is 0.113. The van der Waals surface area contributed by atoms with Crippen molar-refractivity contribution in [1.82, 2.24) is 5.32 Å². The van der Waals surface area contributed by atoms with Crippen LogP contribution in [-0.4, -0.2) is 23.7 Å². The molecule has 0 spiro atoms. The van der Waals surface area contributed by atoms with Crippen molar-refractivity contribution in [3.63, 3.8) is 0 Å². The molecule has 0 fully saturated rings. The van der Waals surface area contributed by atoms with Crippen molar-refractivity contribution in [2.24, 2.45) is 5.92 Å². The Labute approximate surface area is 117 Å². The minimum Gasteiger partial charge on any atom is -0.393 e. The van der Waals surface area contributed by atoms with Crippen LogP contribution in [0.5, 0.6) is 0 Å². The van der Waals surface area contributed by atoms with Crippen LogP contribution in [0.4, 0.5) is 0 Å². The molecule has 3 nitrogen and oxygen atoms in total. The molecule has 100 valence electrons. The zero-order chi connectivity index (χ0) is 13.7. The molecule has 0 aliphatic heterocycles. The first-order chi connectivity index (χ1) is 8.41. The number of carbonyl (C=O) groups excluding carboxylic acids is 1. The molecule has 1 aromatic carbocycles. The van der Waals surface area contributed by atoms with Gasteiger partial charge in [-0.05, 0) is 52.9 Å². The fourth-order valence-corrected chi connectivity index (χ4v) is 2.24. The van der Waals surface area contributed by atoms with E-state index in [1.165, 1.54) is 0 Å². The molecular formula is C14H20BrNO2. The maximum Gasteiger partial charge on any atom is 0.252 e. The SMILES string of the molecule is Cc1ccc(C(=O)NCCC(O)C(C)C)c(Br)c1. The van der Waals surface area contributed by atoms with Gasteiger partial charge in [0.1, 0.15) is 0 Å². The third kappa shape index (κ3) is 4.42. The van der Waals surface area contributed by atoms with Gasteiger partial charge in [0.15, 0.2) is 0 Å². The Morgan fingerprint density at radius 2 is 2.11 bits per heavy atom. The van der Waals surface area contributed by atoms with E-state index < -0.39 is 0 Å². The lowest BCUT2D eigenvalue weighted by atomic mass is 10.0. The number of aryl methyl sites for hydroxylation is 1. The maximum absolute atomic E-state index is 11.9. The number of aliphatic hydroxyl groups is 1. The van der Waals surface area contributed by atoms with E-state index in [4.69, 9.17) is 0 Å². The largest absolute Gasteiger partial charge is 0.393 e. The first-order valence-corrected chi connectivity index (χ1v) is 6.93. The summed E-state index contributed by atoms with van der Waals surface area (Å²) in [5.41, 5.74) is 1.73. The van der Waals surface area contributed by atoms with Gasteiger partial charge in [-0.1, -0.05) is 19.9 Å². The van der Waals surface area contributed by atoms with Crippen LogP contribution >= 0.6 is 15.9 Å². The molecule has 0 saturated carbocycles. The summed E-state index contributed by atoms with van der Waals surface area (Å²) in [5, 5.41) is 12.5. The van der Waals surface area contributed by atoms with Crippen molar-refractivity contribution in [2.75, 3.05) is 6.54 Å². The molecule has 1 rings (SSSR count). The van der Waals surface area contributed by atoms with Gasteiger partial charge in [0.25, 0.3) is 5.91 Å². The van der Waals surface area contributed by atoms with E-state index in [0.29, 0.717) is 18.5 Å². The highest BCUT2D eigenvalue weighted by molar-refractivity contribution is 9.10. The van der Waals surface area contributed by atoms with Gasteiger partial charge in [-0.3, -0.25) is 4.79 Å². The zero-order valence-corrected chi connectivity index (χ0v) is 12.6. The number of aliphatic hydroxyl groups excluding tert-OH is 1. The Hall–Kier alpha value is -0.870. The van der Waals surface area contributed by atoms with Crippen LogP contribution in [0.15, 0.2) is 22.7 Å². The summed E-state index contributed by atoms with van der Waals surface area (Å²) in [5.74, 6) is 0.103. The number of hydrogen-bond donors (Lipinski definition) is 2. The van der Waals surface area contributed by atoms with Gasteiger partial charge in [-0.2, -0.15) is 0 Å². The molecule has 0 aliphatic carbocycles. The number of rotatable bonds is 5. The third-order valence-electron chi connectivity index (χ3n) is 2.86. The Kier molecular flexibility index (Phi) is 5.82. The molecule has 1 amide bonds. The summed E-state index contributed by atoms with van der Waals surface area (Å²) in [6.07, 6.45) is 0.208. The average molecular weight is 314 g/mol. The van der Waals surface area contributed by atoms with Gasteiger partial charge in [0.05, 0.1) is 11.7 Å². The second-order valence-corrected chi connectivity index (χ2v) is 5.69. The van der Waals surface area contributed by atoms with Gasteiger partial charge in [0, 0.05) is 11.0 Å². The molecule has 1 aromatic rings. The van der Waals surface area contributed by atoms with E-state index in [-0.39, 0.29) is 17.9 Å². The second-order valence-electron chi connectivity index (χ2n) is 4.84. The van der Waals surface area contributed by atoms with Gasteiger partial charge in [-0.25, -0.2) is 0 Å². The van der Waals surface area contributed by atoms with E-state index in [1.807, 2.05) is 32.9 Å². The minimum atomic E-state index is -0.369. The first kappa shape index (κ1) is 15.2. The van der Waals surface area contributed by atoms with Crippen LogP contribution in [0.1, 0.15) is 36.2 Å². The molecule has 0 aliphatic rings. The molecule has 0 saturated heterocycles. The van der Waals surface area contributed by atoms with Crippen LogP contribution in [0.25, 0.3) is 0 Å². The lowest BCUT2D eigenvalue weighted by Gasteiger charge is -2.14. The van der Waals surface area contributed by atoms with Crippen LogP contribution in [0, 0.1) is 12.8 Å². The highest BCUT2D eigenvalue weighted by Crippen LogP contribution is 2.18. The Morgan fingerprint density at radius 1 is 1.44 bits per heavy atom. The van der Waals surface area contributed by atoms with Crippen LogP contribution in [-0.2, 0) is 0 Å². The lowest BCUT2D eigenvalue weighted by Crippen LogP contribution is -2.28. The van der Waals surface area contributed by atoms with Crippen molar-refractivity contribution < 1.29 is 9.90 Å². The molecule has 0 aromatic heterocycles. The fraction of sp³-hybridized carbons (Fsp3) is 0.500. The molecule has 18 heavy (non-hydrogen) atoms. The smallest absolute Gasteiger partial charge is 0.252 e. The fourth-order valence-electron chi connectivity index (χ4n) is 1.57. The third-order valence-corrected chi connectivity index (χ3v) is 3.52. The zero-order valence-electron chi connectivity index (χ0n) is 11.0. The maximum atomic E-state index is 11.9. The topological polar surface area (TPSA) is 49.3 Å². The number of nitrogens with one attached hydrogen (secondary N) is 1. The standard InChI is InChI=1S/C14H20BrNO2/c1-9(2)13(17)6-7-16-14(18)11-5-4-10(3)8-12(11)15/h4-5,8-9,13,17H,6-7H2,1-3H3,(H,16,18). The summed E-state index contributed by atoms with van der Waals surface area (Å²) in [6, 6.07) is 5.62. The summed E-state index contributed by atoms with van der Waals surface area (Å²) in [4.78, 5) is 11.9. The summed E-state index contributed by atoms with van der Waals surface area (Å²) < 4.78 is 0.796. The molecule has 2 N–H and O–H groups in total. The van der Waals surface area contributed by atoms with E-state index in [2.05, 4.69) is 21.2 Å². The molecule has 0 radical (unpaired) electrons. The predicted octanol–water partition coefficient (Wildman–Crippen LogP) is 2.89. The normalized spacial score (nSPS) is 12.6. The predicted molar refractivity (Wildman–Crippen MR) is 76.7 cm³/mol. The van der Waals surface area contributed by atoms with E-state index in [1.54, 1.807) is 6.07 Å².